The molecule has 0 radical (unpaired) electrons. The lowest BCUT2D eigenvalue weighted by molar-refractivity contribution is -0.0129. The van der Waals surface area contributed by atoms with Crippen molar-refractivity contribution in [1.82, 2.24) is 0 Å². The summed E-state index contributed by atoms with van der Waals surface area (Å²) in [5.74, 6) is 2.27. The van der Waals surface area contributed by atoms with Gasteiger partial charge in [-0.05, 0) is 60.3 Å². The molecule has 0 saturated heterocycles. The molecule has 0 saturated carbocycles. The van der Waals surface area contributed by atoms with Crippen LogP contribution in [0.15, 0.2) is 48.5 Å². The number of ether oxygens (including phenoxy) is 4. The van der Waals surface area contributed by atoms with Crippen LogP contribution in [0.2, 0.25) is 18.1 Å². The number of hydrogen-bond donors (Lipinski definition) is 0. The average Bonchev–Trinajstić information content (AvgIpc) is 2.81. The van der Waals surface area contributed by atoms with Crippen molar-refractivity contribution < 1.29 is 23.4 Å². The van der Waals surface area contributed by atoms with Crippen LogP contribution in [0.3, 0.4) is 0 Å². The van der Waals surface area contributed by atoms with Crippen LogP contribution >= 0.6 is 0 Å². The van der Waals surface area contributed by atoms with Crippen LogP contribution < -0.4 is 14.2 Å². The Morgan fingerprint density at radius 1 is 0.912 bits per heavy atom. The second kappa shape index (κ2) is 11.0. The molecule has 1 aliphatic carbocycles. The second-order valence-corrected chi connectivity index (χ2v) is 15.0. The number of hydrogen-bond acceptors (Lipinski definition) is 5. The summed E-state index contributed by atoms with van der Waals surface area (Å²) in [5.41, 5.74) is 3.18. The van der Waals surface area contributed by atoms with Crippen molar-refractivity contribution in [2.45, 2.75) is 70.6 Å². The minimum absolute atomic E-state index is 0.0324. The molecular formula is C28H40O5Si. The molecule has 0 fully saturated rings. The maximum atomic E-state index is 6.94. The Labute approximate surface area is 206 Å². The number of benzene rings is 2. The molecule has 2 aromatic carbocycles. The Hall–Kier alpha value is -2.28. The number of allylic oxidation sites excluding steroid dienone is 1. The first-order valence-corrected chi connectivity index (χ1v) is 14.9. The molecule has 0 aromatic heterocycles. The molecule has 186 valence electrons. The first kappa shape index (κ1) is 26.3. The molecule has 1 aliphatic rings. The van der Waals surface area contributed by atoms with E-state index in [-0.39, 0.29) is 17.2 Å². The molecule has 3 rings (SSSR count). The lowest BCUT2D eigenvalue weighted by Crippen LogP contribution is -2.48. The van der Waals surface area contributed by atoms with Gasteiger partial charge >= 0.3 is 0 Å². The van der Waals surface area contributed by atoms with Gasteiger partial charge in [0.1, 0.15) is 11.9 Å². The van der Waals surface area contributed by atoms with Crippen molar-refractivity contribution in [2.24, 2.45) is 0 Å². The topological polar surface area (TPSA) is 46.2 Å². The third-order valence-electron chi connectivity index (χ3n) is 7.01. The first-order valence-electron chi connectivity index (χ1n) is 11.9. The van der Waals surface area contributed by atoms with Gasteiger partial charge in [-0.15, -0.1) is 0 Å². The predicted molar refractivity (Wildman–Crippen MR) is 140 cm³/mol. The molecule has 0 N–H and O–H groups in total. The van der Waals surface area contributed by atoms with E-state index in [4.69, 9.17) is 23.4 Å². The summed E-state index contributed by atoms with van der Waals surface area (Å²) in [7, 11) is 3.02. The Bertz CT molecular complexity index is 975. The van der Waals surface area contributed by atoms with Gasteiger partial charge in [0.15, 0.2) is 19.8 Å². The molecule has 0 heterocycles. The highest BCUT2D eigenvalue weighted by molar-refractivity contribution is 6.74. The lowest BCUT2D eigenvalue weighted by atomic mass is 9.88. The van der Waals surface area contributed by atoms with Gasteiger partial charge in [0.25, 0.3) is 0 Å². The van der Waals surface area contributed by atoms with E-state index in [9.17, 15) is 0 Å². The van der Waals surface area contributed by atoms with Crippen molar-refractivity contribution in [3.8, 4) is 17.2 Å². The largest absolute Gasteiger partial charge is 0.497 e. The van der Waals surface area contributed by atoms with E-state index in [1.807, 2.05) is 36.4 Å². The van der Waals surface area contributed by atoms with Gasteiger partial charge in [0.05, 0.1) is 34.0 Å². The van der Waals surface area contributed by atoms with E-state index in [0.717, 1.165) is 41.0 Å². The normalized spacial score (nSPS) is 18.9. The first-order chi connectivity index (χ1) is 16.1. The minimum Gasteiger partial charge on any atom is -0.497 e. The summed E-state index contributed by atoms with van der Waals surface area (Å²) < 4.78 is 30.2. The zero-order valence-electron chi connectivity index (χ0n) is 21.9. The van der Waals surface area contributed by atoms with Gasteiger partial charge < -0.3 is 23.4 Å². The van der Waals surface area contributed by atoms with Gasteiger partial charge in [-0.25, -0.2) is 0 Å². The van der Waals surface area contributed by atoms with Gasteiger partial charge in [-0.1, -0.05) is 51.1 Å². The quantitative estimate of drug-likeness (QED) is 0.364. The number of methoxy groups -OCH3 is 3. The predicted octanol–water partition coefficient (Wildman–Crippen LogP) is 6.87. The Kier molecular flexibility index (Phi) is 8.50. The molecular weight excluding hydrogens is 444 g/mol. The maximum absolute atomic E-state index is 6.94. The third kappa shape index (κ3) is 5.85. The van der Waals surface area contributed by atoms with E-state index in [1.54, 1.807) is 21.3 Å². The summed E-state index contributed by atoms with van der Waals surface area (Å²) >= 11 is 0. The van der Waals surface area contributed by atoms with E-state index in [1.165, 1.54) is 0 Å². The zero-order valence-corrected chi connectivity index (χ0v) is 22.9. The Morgan fingerprint density at radius 2 is 1.62 bits per heavy atom. The van der Waals surface area contributed by atoms with Gasteiger partial charge in [0, 0.05) is 5.56 Å². The summed E-state index contributed by atoms with van der Waals surface area (Å²) in [5, 5.41) is 0.114. The monoisotopic (exact) mass is 484 g/mol. The molecule has 0 aliphatic heterocycles. The molecule has 6 heteroatoms. The van der Waals surface area contributed by atoms with Crippen molar-refractivity contribution in [3.05, 3.63) is 59.7 Å². The highest BCUT2D eigenvalue weighted by Crippen LogP contribution is 2.44. The van der Waals surface area contributed by atoms with Crippen LogP contribution in [-0.2, 0) is 15.8 Å². The standard InChI is InChI=1S/C28H40O5Si/c1-28(2,3)34(7,8)33-25-14-10-12-23(22-11-9-13-24(30-5)26(22)31-6)27(25)32-19-20-15-17-21(29-4)18-16-20/h9,11-13,15-18,25,27H,10,14,19H2,1-8H3/t25-,27-/m1/s1. The van der Waals surface area contributed by atoms with Crippen molar-refractivity contribution in [3.63, 3.8) is 0 Å². The van der Waals surface area contributed by atoms with Crippen molar-refractivity contribution in [2.75, 3.05) is 21.3 Å². The lowest BCUT2D eigenvalue weighted by Gasteiger charge is -2.43. The van der Waals surface area contributed by atoms with Crippen LogP contribution in [0.1, 0.15) is 44.7 Å². The fourth-order valence-electron chi connectivity index (χ4n) is 4.03. The van der Waals surface area contributed by atoms with E-state index in [0.29, 0.717) is 12.4 Å². The molecule has 2 atom stereocenters. The van der Waals surface area contributed by atoms with Gasteiger partial charge in [0.2, 0.25) is 0 Å². The van der Waals surface area contributed by atoms with E-state index < -0.39 is 8.32 Å². The summed E-state index contributed by atoms with van der Waals surface area (Å²) in [6.45, 7) is 11.9. The molecule has 0 spiro atoms. The smallest absolute Gasteiger partial charge is 0.192 e. The van der Waals surface area contributed by atoms with Crippen molar-refractivity contribution in [1.29, 1.82) is 0 Å². The summed E-state index contributed by atoms with van der Waals surface area (Å²) in [4.78, 5) is 0. The molecule has 0 amide bonds. The SMILES string of the molecule is COc1ccc(CO[C@@H]2C(c3cccc(OC)c3OC)=CCC[C@H]2O[Si](C)(C)C(C)(C)C)cc1. The fraction of sp³-hybridized carbons (Fsp3) is 0.500. The molecule has 0 bridgehead atoms. The van der Waals surface area contributed by atoms with E-state index >= 15 is 0 Å². The fourth-order valence-corrected chi connectivity index (χ4v) is 5.38. The van der Waals surface area contributed by atoms with Crippen LogP contribution in [0.25, 0.3) is 5.57 Å². The van der Waals surface area contributed by atoms with Gasteiger partial charge in [-0.3, -0.25) is 0 Å². The third-order valence-corrected chi connectivity index (χ3v) is 11.5. The van der Waals surface area contributed by atoms with Crippen LogP contribution in [-0.4, -0.2) is 41.9 Å². The molecule has 5 nitrogen and oxygen atoms in total. The van der Waals surface area contributed by atoms with Gasteiger partial charge in [-0.2, -0.15) is 0 Å². The van der Waals surface area contributed by atoms with Crippen LogP contribution in [0.5, 0.6) is 17.2 Å². The molecule has 0 unspecified atom stereocenters. The maximum Gasteiger partial charge on any atom is 0.192 e. The Morgan fingerprint density at radius 3 is 2.21 bits per heavy atom. The highest BCUT2D eigenvalue weighted by Gasteiger charge is 2.42. The second-order valence-electron chi connectivity index (χ2n) is 10.3. The van der Waals surface area contributed by atoms with Crippen molar-refractivity contribution >= 4 is 13.9 Å². The summed E-state index contributed by atoms with van der Waals surface area (Å²) in [6.07, 6.45) is 3.87. The van der Waals surface area contributed by atoms with Crippen LogP contribution in [0.4, 0.5) is 0 Å². The minimum atomic E-state index is -2.00. The zero-order chi connectivity index (χ0) is 24.9. The molecule has 2 aromatic rings. The van der Waals surface area contributed by atoms with Crippen LogP contribution in [0, 0.1) is 0 Å². The number of rotatable bonds is 9. The Balaban J connectivity index is 1.96. The number of para-hydroxylation sites is 1. The average molecular weight is 485 g/mol. The van der Waals surface area contributed by atoms with E-state index in [2.05, 4.69) is 46.0 Å². The molecule has 34 heavy (non-hydrogen) atoms. The highest BCUT2D eigenvalue weighted by atomic mass is 28.4. The summed E-state index contributed by atoms with van der Waals surface area (Å²) in [6, 6.07) is 14.0.